The zero-order valence-corrected chi connectivity index (χ0v) is 14.1. The minimum atomic E-state index is 0.804. The van der Waals surface area contributed by atoms with Gasteiger partial charge in [-0.2, -0.15) is 0 Å². The van der Waals surface area contributed by atoms with E-state index in [4.69, 9.17) is 0 Å². The summed E-state index contributed by atoms with van der Waals surface area (Å²) in [7, 11) is 0. The van der Waals surface area contributed by atoms with Crippen LogP contribution in [0, 0.1) is 0 Å². The van der Waals surface area contributed by atoms with Gasteiger partial charge in [0.05, 0.1) is 11.0 Å². The third-order valence-corrected chi connectivity index (χ3v) is 4.82. The van der Waals surface area contributed by atoms with Gasteiger partial charge in [-0.15, -0.1) is 0 Å². The molecule has 0 spiro atoms. The van der Waals surface area contributed by atoms with Crippen molar-refractivity contribution in [2.45, 2.75) is 12.8 Å². The molecule has 0 N–H and O–H groups in total. The number of benzene rings is 3. The molecule has 3 aromatic carbocycles. The summed E-state index contributed by atoms with van der Waals surface area (Å²) in [5, 5.41) is 2.92. The van der Waals surface area contributed by atoms with Crippen LogP contribution in [0.2, 0.25) is 0 Å². The van der Waals surface area contributed by atoms with Crippen LogP contribution in [-0.4, -0.2) is 19.9 Å². The summed E-state index contributed by atoms with van der Waals surface area (Å²) in [5.41, 5.74) is 6.36. The van der Waals surface area contributed by atoms with E-state index in [-0.39, 0.29) is 0 Å². The van der Waals surface area contributed by atoms with E-state index < -0.39 is 0 Å². The molecule has 5 aromatic rings. The quantitative estimate of drug-likeness (QED) is 0.390. The normalized spacial score (nSPS) is 12.3. The SMILES string of the molecule is c1cc2c3c(cccc3c1)CC2.c1cnc2c(ccc3nccnc32)n1. The predicted octanol–water partition coefficient (Wildman–Crippen LogP) is 4.51. The highest BCUT2D eigenvalue weighted by atomic mass is 14.8. The van der Waals surface area contributed by atoms with Gasteiger partial charge in [0.15, 0.2) is 0 Å². The lowest BCUT2D eigenvalue weighted by atomic mass is 10.1. The van der Waals surface area contributed by atoms with Crippen LogP contribution in [0.25, 0.3) is 32.8 Å². The lowest BCUT2D eigenvalue weighted by Crippen LogP contribution is -1.87. The Kier molecular flexibility index (Phi) is 3.53. The van der Waals surface area contributed by atoms with Crippen LogP contribution in [0.3, 0.4) is 0 Å². The Labute approximate surface area is 150 Å². The highest BCUT2D eigenvalue weighted by Crippen LogP contribution is 2.29. The maximum absolute atomic E-state index is 4.24. The molecule has 0 radical (unpaired) electrons. The van der Waals surface area contributed by atoms with Crippen LogP contribution in [0.1, 0.15) is 11.1 Å². The van der Waals surface area contributed by atoms with Crippen LogP contribution in [-0.2, 0) is 12.8 Å². The highest BCUT2D eigenvalue weighted by molar-refractivity contribution is 5.99. The van der Waals surface area contributed by atoms with Crippen LogP contribution in [0.15, 0.2) is 73.3 Å². The first-order valence-corrected chi connectivity index (χ1v) is 8.70. The number of nitrogens with zero attached hydrogens (tertiary/aromatic N) is 4. The highest BCUT2D eigenvalue weighted by Gasteiger charge is 2.12. The topological polar surface area (TPSA) is 51.6 Å². The summed E-state index contributed by atoms with van der Waals surface area (Å²) < 4.78 is 0. The molecule has 0 atom stereocenters. The minimum absolute atomic E-state index is 0.804. The standard InChI is InChI=1S/C12H10.C10H6N4/c1-3-9-4-2-6-11-8-7-10(5-1)12(9)11;1-2-8-10(14-6-4-12-8)9-7(1)11-3-5-13-9/h1-6H,7-8H2;1-6H. The van der Waals surface area contributed by atoms with Crippen LogP contribution < -0.4 is 0 Å². The van der Waals surface area contributed by atoms with E-state index >= 15 is 0 Å². The molecular weight excluding hydrogens is 320 g/mol. The molecule has 26 heavy (non-hydrogen) atoms. The smallest absolute Gasteiger partial charge is 0.116 e. The fourth-order valence-corrected chi connectivity index (χ4v) is 3.65. The van der Waals surface area contributed by atoms with E-state index in [0.29, 0.717) is 0 Å². The number of aromatic nitrogens is 4. The maximum atomic E-state index is 4.24. The average Bonchev–Trinajstić information content (AvgIpc) is 3.14. The predicted molar refractivity (Wildman–Crippen MR) is 104 cm³/mol. The molecule has 0 amide bonds. The van der Waals surface area contributed by atoms with Crippen molar-refractivity contribution >= 4 is 32.8 Å². The Balaban J connectivity index is 0.000000117. The van der Waals surface area contributed by atoms with Crippen molar-refractivity contribution in [2.24, 2.45) is 0 Å². The summed E-state index contributed by atoms with van der Waals surface area (Å²) in [4.78, 5) is 16.9. The largest absolute Gasteiger partial charge is 0.253 e. The second-order valence-corrected chi connectivity index (χ2v) is 6.35. The molecule has 2 heterocycles. The molecule has 0 saturated heterocycles. The fraction of sp³-hybridized carbons (Fsp3) is 0.0909. The summed E-state index contributed by atoms with van der Waals surface area (Å²) >= 11 is 0. The lowest BCUT2D eigenvalue weighted by Gasteiger charge is -1.99. The van der Waals surface area contributed by atoms with Gasteiger partial charge >= 0.3 is 0 Å². The summed E-state index contributed by atoms with van der Waals surface area (Å²) in [6.45, 7) is 0. The molecular formula is C22H16N4. The molecule has 0 saturated carbocycles. The number of hydrogen-bond donors (Lipinski definition) is 0. The van der Waals surface area contributed by atoms with Crippen LogP contribution in [0.5, 0.6) is 0 Å². The number of aryl methyl sites for hydroxylation is 2. The molecule has 0 aliphatic heterocycles. The van der Waals surface area contributed by atoms with Gasteiger partial charge in [-0.05, 0) is 46.9 Å². The molecule has 0 bridgehead atoms. The molecule has 0 unspecified atom stereocenters. The van der Waals surface area contributed by atoms with E-state index in [1.807, 2.05) is 12.1 Å². The summed E-state index contributed by atoms with van der Waals surface area (Å²) in [6.07, 6.45) is 9.13. The first-order chi connectivity index (χ1) is 12.9. The first-order valence-electron chi connectivity index (χ1n) is 8.70. The van der Waals surface area contributed by atoms with Crippen LogP contribution in [0.4, 0.5) is 0 Å². The van der Waals surface area contributed by atoms with E-state index in [1.54, 1.807) is 24.8 Å². The van der Waals surface area contributed by atoms with Crippen molar-refractivity contribution in [1.29, 1.82) is 0 Å². The van der Waals surface area contributed by atoms with Crippen molar-refractivity contribution in [3.8, 4) is 0 Å². The Bertz CT molecular complexity index is 1150. The van der Waals surface area contributed by atoms with Gasteiger partial charge in [-0.25, -0.2) is 0 Å². The zero-order chi connectivity index (χ0) is 17.3. The van der Waals surface area contributed by atoms with Crippen molar-refractivity contribution in [3.05, 3.63) is 84.4 Å². The number of hydrogen-bond acceptors (Lipinski definition) is 4. The van der Waals surface area contributed by atoms with Crippen molar-refractivity contribution < 1.29 is 0 Å². The molecule has 1 aliphatic rings. The van der Waals surface area contributed by atoms with Gasteiger partial charge in [0.2, 0.25) is 0 Å². The molecule has 4 heteroatoms. The van der Waals surface area contributed by atoms with Gasteiger partial charge in [0.25, 0.3) is 0 Å². The Morgan fingerprint density at radius 2 is 1.04 bits per heavy atom. The minimum Gasteiger partial charge on any atom is -0.253 e. The molecule has 124 valence electrons. The zero-order valence-electron chi connectivity index (χ0n) is 14.1. The molecule has 2 aromatic heterocycles. The summed E-state index contributed by atoms with van der Waals surface area (Å²) in [5.74, 6) is 0. The second kappa shape index (κ2) is 6.15. The number of fused-ring (bicyclic) bond motifs is 3. The van der Waals surface area contributed by atoms with Gasteiger partial charge in [-0.3, -0.25) is 19.9 Å². The molecule has 0 fully saturated rings. The monoisotopic (exact) mass is 336 g/mol. The van der Waals surface area contributed by atoms with E-state index in [2.05, 4.69) is 56.3 Å². The van der Waals surface area contributed by atoms with Gasteiger partial charge in [0, 0.05) is 24.8 Å². The van der Waals surface area contributed by atoms with Gasteiger partial charge in [-0.1, -0.05) is 36.4 Å². The second-order valence-electron chi connectivity index (χ2n) is 6.35. The van der Waals surface area contributed by atoms with Crippen molar-refractivity contribution in [1.82, 2.24) is 19.9 Å². The third-order valence-electron chi connectivity index (χ3n) is 4.82. The Morgan fingerprint density at radius 1 is 0.538 bits per heavy atom. The van der Waals surface area contributed by atoms with E-state index in [0.717, 1.165) is 22.1 Å². The summed E-state index contributed by atoms with van der Waals surface area (Å²) in [6, 6.07) is 17.0. The van der Waals surface area contributed by atoms with Gasteiger partial charge < -0.3 is 0 Å². The van der Waals surface area contributed by atoms with E-state index in [9.17, 15) is 0 Å². The first kappa shape index (κ1) is 14.9. The van der Waals surface area contributed by atoms with Crippen molar-refractivity contribution in [2.75, 3.05) is 0 Å². The average molecular weight is 336 g/mol. The molecule has 4 nitrogen and oxygen atoms in total. The van der Waals surface area contributed by atoms with Crippen LogP contribution >= 0.6 is 0 Å². The van der Waals surface area contributed by atoms with E-state index in [1.165, 1.54) is 34.7 Å². The molecule has 6 rings (SSSR count). The number of rotatable bonds is 0. The maximum Gasteiger partial charge on any atom is 0.116 e. The van der Waals surface area contributed by atoms with Gasteiger partial charge in [0.1, 0.15) is 11.0 Å². The lowest BCUT2D eigenvalue weighted by molar-refractivity contribution is 1.02. The molecule has 1 aliphatic carbocycles. The Hall–Kier alpha value is -3.40. The van der Waals surface area contributed by atoms with Crippen molar-refractivity contribution in [3.63, 3.8) is 0 Å². The fourth-order valence-electron chi connectivity index (χ4n) is 3.65. The third kappa shape index (κ3) is 2.47. The Morgan fingerprint density at radius 3 is 1.58 bits per heavy atom.